The van der Waals surface area contributed by atoms with Crippen LogP contribution in [-0.4, -0.2) is 60.5 Å². The number of Topliss-reactive ketones (excluding diaryl/α,β-unsaturated/α-hetero) is 1. The lowest BCUT2D eigenvalue weighted by atomic mass is 9.33. The number of nitrogens with one attached hydrogen (secondary N) is 2. The Morgan fingerprint density at radius 1 is 0.915 bits per heavy atom. The van der Waals surface area contributed by atoms with E-state index < -0.39 is 23.3 Å². The number of benzene rings is 1. The van der Waals surface area contributed by atoms with Gasteiger partial charge in [-0.1, -0.05) is 79.5 Å². The van der Waals surface area contributed by atoms with Gasteiger partial charge in [-0.25, -0.2) is 0 Å². The van der Waals surface area contributed by atoms with Crippen molar-refractivity contribution < 1.29 is 30.4 Å². The summed E-state index contributed by atoms with van der Waals surface area (Å²) in [5, 5.41) is 16.5. The minimum Gasteiger partial charge on any atom is -0.481 e. The van der Waals surface area contributed by atoms with E-state index in [-0.39, 0.29) is 70.0 Å². The average Bonchev–Trinajstić information content (AvgIpc) is 3.46. The fraction of sp³-hybridized carbons (Fsp3) is 0.755. The molecule has 10 heteroatoms. The zero-order valence-electron chi connectivity index (χ0n) is 38.2. The molecule has 5 saturated carbocycles. The summed E-state index contributed by atoms with van der Waals surface area (Å²) in [5.41, 5.74) is 8.09. The number of carbonyl (C=O) groups is 4. The molecule has 1 aromatic rings. The SMILES string of the molecule is [2H]C(CN)(CNCC[C@@]12CC[C@]3(C)[C@H](CC[C@@H]4[C@@]5(C)CC[C@H](OC(=O)[C@H]6C[C@@H](C(=O)O)C6(C)C)C(C)(C)[C@@H]5CC[C@]43C)C1=C(C(C)C)C(=O)C2)NC(=O)c1ccc(Cl)cc1. The maximum absolute atomic E-state index is 14.2. The van der Waals surface area contributed by atoms with Gasteiger partial charge in [0.15, 0.2) is 5.78 Å². The Morgan fingerprint density at radius 2 is 1.61 bits per heavy atom. The molecule has 0 bridgehead atoms. The minimum absolute atomic E-state index is 0.0205. The van der Waals surface area contributed by atoms with E-state index in [0.717, 1.165) is 63.4 Å². The number of hydrogen-bond donors (Lipinski definition) is 4. The highest BCUT2D eigenvalue weighted by molar-refractivity contribution is 6.30. The first-order valence-corrected chi connectivity index (χ1v) is 23.0. The third-order valence-corrected chi connectivity index (χ3v) is 18.6. The lowest BCUT2D eigenvalue weighted by molar-refractivity contribution is -0.236. The summed E-state index contributed by atoms with van der Waals surface area (Å²) in [7, 11) is 0. The highest BCUT2D eigenvalue weighted by Gasteiger charge is 2.70. The Labute approximate surface area is 359 Å². The van der Waals surface area contributed by atoms with E-state index in [1.54, 1.807) is 24.3 Å². The molecule has 6 aliphatic carbocycles. The quantitative estimate of drug-likeness (QED) is 0.121. The molecule has 0 aliphatic heterocycles. The third kappa shape index (κ3) is 7.03. The smallest absolute Gasteiger partial charge is 0.309 e. The molecule has 0 heterocycles. The molecule has 9 nitrogen and oxygen atoms in total. The Hall–Kier alpha value is -2.75. The number of carbonyl (C=O) groups excluding carboxylic acids is 3. The van der Waals surface area contributed by atoms with Crippen LogP contribution in [0.25, 0.3) is 0 Å². The van der Waals surface area contributed by atoms with Crippen LogP contribution in [0, 0.1) is 68.0 Å². The second kappa shape index (κ2) is 15.6. The molecule has 1 unspecified atom stereocenters. The van der Waals surface area contributed by atoms with Crippen LogP contribution < -0.4 is 16.4 Å². The number of ether oxygens (including phenoxy) is 1. The van der Waals surface area contributed by atoms with Crippen LogP contribution in [-0.2, 0) is 19.1 Å². The normalized spacial score (nSPS) is 39.4. The van der Waals surface area contributed by atoms with Crippen molar-refractivity contribution in [1.29, 1.82) is 0 Å². The number of fused-ring (bicyclic) bond motifs is 7. The van der Waals surface area contributed by atoms with Crippen LogP contribution >= 0.6 is 11.6 Å². The number of halogens is 1. The first kappa shape index (κ1) is 42.9. The number of nitrogens with two attached hydrogens (primary N) is 1. The summed E-state index contributed by atoms with van der Waals surface area (Å²) < 4.78 is 15.4. The van der Waals surface area contributed by atoms with Gasteiger partial charge in [0.2, 0.25) is 0 Å². The highest BCUT2D eigenvalue weighted by Crippen LogP contribution is 2.77. The van der Waals surface area contributed by atoms with Crippen LogP contribution in [0.2, 0.25) is 5.02 Å². The summed E-state index contributed by atoms with van der Waals surface area (Å²) in [5.74, 6) is -0.690. The summed E-state index contributed by atoms with van der Waals surface area (Å²) in [6.07, 6.45) is 9.67. The summed E-state index contributed by atoms with van der Waals surface area (Å²) in [6, 6.07) is 5.18. The van der Waals surface area contributed by atoms with Gasteiger partial charge in [-0.15, -0.1) is 0 Å². The molecule has 0 radical (unpaired) electrons. The van der Waals surface area contributed by atoms with Crippen molar-refractivity contribution >= 4 is 35.2 Å². The van der Waals surface area contributed by atoms with E-state index in [4.69, 9.17) is 23.4 Å². The van der Waals surface area contributed by atoms with Gasteiger partial charge in [-0.3, -0.25) is 19.2 Å². The molecule has 5 N–H and O–H groups in total. The summed E-state index contributed by atoms with van der Waals surface area (Å²) >= 11 is 6.02. The standard InChI is InChI=1S/C49H72ClN3O6/c1-28(2)39-35(54)25-49(22-23-52-27-31(26-51)53-41(55)29-10-12-30(50)13-11-29)21-20-47(8)32(40(39)49)14-15-37-46(7)18-17-38(45(5,6)36(46)16-19-48(37,47)9)59-43(58)34-24-33(42(56)57)44(34,3)4/h10-13,28,31-34,36-38,52H,14-27,51H2,1-9H3,(H,53,55)(H,56,57)/t31?,32-,33+,34-,36+,37-,38+,46+,47-,48-,49-/m1/s1/i31D. The molecule has 0 aromatic heterocycles. The monoisotopic (exact) mass is 835 g/mol. The number of carboxylic acids is 1. The number of amides is 1. The number of allylic oxidation sites excluding steroid dienone is 2. The fourth-order valence-electron chi connectivity index (χ4n) is 14.8. The maximum Gasteiger partial charge on any atom is 0.309 e. The van der Waals surface area contributed by atoms with E-state index in [2.05, 4.69) is 59.1 Å². The van der Waals surface area contributed by atoms with Crippen LogP contribution in [0.4, 0.5) is 0 Å². The predicted molar refractivity (Wildman–Crippen MR) is 232 cm³/mol. The van der Waals surface area contributed by atoms with Gasteiger partial charge in [0.05, 0.1) is 19.2 Å². The molecular weight excluding hydrogens is 762 g/mol. The molecule has 7 rings (SSSR count). The van der Waals surface area contributed by atoms with E-state index in [9.17, 15) is 24.3 Å². The lowest BCUT2D eigenvalue weighted by Crippen LogP contribution is -2.66. The third-order valence-electron chi connectivity index (χ3n) is 18.4. The largest absolute Gasteiger partial charge is 0.481 e. The van der Waals surface area contributed by atoms with E-state index in [0.29, 0.717) is 53.5 Å². The number of esters is 1. The molecule has 1 aromatic carbocycles. The molecule has 6 aliphatic rings. The zero-order chi connectivity index (χ0) is 44.0. The second-order valence-electron chi connectivity index (χ2n) is 22.0. The molecule has 0 saturated heterocycles. The van der Waals surface area contributed by atoms with Crippen molar-refractivity contribution in [3.8, 4) is 0 Å². The van der Waals surface area contributed by atoms with E-state index >= 15 is 0 Å². The second-order valence-corrected chi connectivity index (χ2v) is 22.4. The number of hydrogen-bond acceptors (Lipinski definition) is 7. The topological polar surface area (TPSA) is 148 Å². The predicted octanol–water partition coefficient (Wildman–Crippen LogP) is 9.02. The molecule has 1 amide bonds. The molecule has 11 atom stereocenters. The lowest BCUT2D eigenvalue weighted by Gasteiger charge is -2.72. The van der Waals surface area contributed by atoms with Gasteiger partial charge in [-0.2, -0.15) is 0 Å². The Balaban J connectivity index is 1.07. The van der Waals surface area contributed by atoms with Gasteiger partial charge >= 0.3 is 11.9 Å². The van der Waals surface area contributed by atoms with Crippen LogP contribution in [0.3, 0.4) is 0 Å². The van der Waals surface area contributed by atoms with E-state index in [1.807, 2.05) is 13.8 Å². The summed E-state index contributed by atoms with van der Waals surface area (Å²) in [6.45, 7) is 21.2. The van der Waals surface area contributed by atoms with Gasteiger partial charge in [-0.05, 0) is 146 Å². The first-order valence-electron chi connectivity index (χ1n) is 23.1. The van der Waals surface area contributed by atoms with Crippen LogP contribution in [0.5, 0.6) is 0 Å². The number of rotatable bonds is 12. The number of aliphatic carboxylic acids is 1. The molecule has 326 valence electrons. The highest BCUT2D eigenvalue weighted by atomic mass is 35.5. The summed E-state index contributed by atoms with van der Waals surface area (Å²) in [4.78, 5) is 52.6. The number of carboxylic acid groups (broad SMARTS) is 1. The average molecular weight is 836 g/mol. The fourth-order valence-corrected chi connectivity index (χ4v) is 14.9. The number of ketones is 1. The van der Waals surface area contributed by atoms with Crippen molar-refractivity contribution in [2.75, 3.05) is 19.6 Å². The van der Waals surface area contributed by atoms with Gasteiger partial charge < -0.3 is 26.2 Å². The van der Waals surface area contributed by atoms with Gasteiger partial charge in [0.25, 0.3) is 5.91 Å². The van der Waals surface area contributed by atoms with Crippen LogP contribution in [0.15, 0.2) is 35.4 Å². The van der Waals surface area contributed by atoms with Gasteiger partial charge in [0, 0.05) is 40.9 Å². The Kier molecular flexibility index (Phi) is 11.3. The van der Waals surface area contributed by atoms with Crippen molar-refractivity contribution in [1.82, 2.24) is 10.6 Å². The van der Waals surface area contributed by atoms with E-state index in [1.165, 1.54) is 5.57 Å². The van der Waals surface area contributed by atoms with Crippen molar-refractivity contribution in [3.05, 3.63) is 46.0 Å². The zero-order valence-corrected chi connectivity index (χ0v) is 38.0. The molecular formula is C49H72ClN3O6. The first-order chi connectivity index (χ1) is 27.9. The van der Waals surface area contributed by atoms with Crippen molar-refractivity contribution in [2.45, 2.75) is 145 Å². The Morgan fingerprint density at radius 3 is 2.24 bits per heavy atom. The van der Waals surface area contributed by atoms with Gasteiger partial charge in [0.1, 0.15) is 6.10 Å². The van der Waals surface area contributed by atoms with Crippen LogP contribution in [0.1, 0.15) is 145 Å². The maximum atomic E-state index is 14.2. The molecule has 0 spiro atoms. The molecule has 59 heavy (non-hydrogen) atoms. The Bertz CT molecular complexity index is 1930. The molecule has 5 fully saturated rings. The van der Waals surface area contributed by atoms with Crippen molar-refractivity contribution in [3.63, 3.8) is 0 Å². The van der Waals surface area contributed by atoms with Crippen molar-refractivity contribution in [2.24, 2.45) is 73.7 Å². The minimum atomic E-state index is -1.40.